The van der Waals surface area contributed by atoms with Gasteiger partial charge in [-0.15, -0.1) is 0 Å². The second-order valence-corrected chi connectivity index (χ2v) is 8.63. The summed E-state index contributed by atoms with van der Waals surface area (Å²) in [6, 6.07) is 6.67. The molecule has 0 bridgehead atoms. The summed E-state index contributed by atoms with van der Waals surface area (Å²) in [6.07, 6.45) is 0. The molecule has 1 aromatic carbocycles. The largest absolute Gasteiger partial charge is 0.0946 e. The SMILES string of the molecule is CC(C)(C)c1cc(I)cc(C(Br)Br)c1. The Morgan fingerprint density at radius 2 is 1.71 bits per heavy atom. The van der Waals surface area contributed by atoms with E-state index in [1.165, 1.54) is 14.7 Å². The molecule has 0 aromatic heterocycles. The maximum atomic E-state index is 3.53. The van der Waals surface area contributed by atoms with Crippen molar-refractivity contribution in [3.05, 3.63) is 32.9 Å². The minimum absolute atomic E-state index is 0.213. The Hall–Kier alpha value is 0.910. The lowest BCUT2D eigenvalue weighted by molar-refractivity contribution is 0.589. The zero-order valence-electron chi connectivity index (χ0n) is 8.44. The molecule has 0 radical (unpaired) electrons. The maximum absolute atomic E-state index is 3.53. The Labute approximate surface area is 116 Å². The summed E-state index contributed by atoms with van der Waals surface area (Å²) in [7, 11) is 0. The zero-order chi connectivity index (χ0) is 10.9. The first kappa shape index (κ1) is 13.0. The first-order valence-corrected chi connectivity index (χ1v) is 7.31. The molecule has 1 rings (SSSR count). The van der Waals surface area contributed by atoms with Gasteiger partial charge in [-0.2, -0.15) is 0 Å². The molecular formula is C11H13Br2I. The number of benzene rings is 1. The molecule has 0 amide bonds. The van der Waals surface area contributed by atoms with Crippen LogP contribution in [-0.2, 0) is 5.41 Å². The molecule has 0 N–H and O–H groups in total. The summed E-state index contributed by atoms with van der Waals surface area (Å²) in [5.74, 6) is 0. The Morgan fingerprint density at radius 1 is 1.14 bits per heavy atom. The third kappa shape index (κ3) is 3.49. The molecule has 0 nitrogen and oxygen atoms in total. The van der Waals surface area contributed by atoms with Crippen LogP contribution in [0.4, 0.5) is 0 Å². The van der Waals surface area contributed by atoms with Crippen molar-refractivity contribution in [2.45, 2.75) is 29.9 Å². The molecule has 0 spiro atoms. The van der Waals surface area contributed by atoms with E-state index in [1.54, 1.807) is 0 Å². The van der Waals surface area contributed by atoms with Crippen molar-refractivity contribution in [2.24, 2.45) is 0 Å². The van der Waals surface area contributed by atoms with Gasteiger partial charge in [0.15, 0.2) is 0 Å². The first-order chi connectivity index (χ1) is 6.30. The summed E-state index contributed by atoms with van der Waals surface area (Å²) < 4.78 is 1.53. The Kier molecular flexibility index (Phi) is 4.48. The fourth-order valence-electron chi connectivity index (χ4n) is 1.17. The van der Waals surface area contributed by atoms with Gasteiger partial charge in [0.1, 0.15) is 0 Å². The molecule has 3 heteroatoms. The number of alkyl halides is 2. The predicted octanol–water partition coefficient (Wildman–Crippen LogP) is 5.38. The van der Waals surface area contributed by atoms with Gasteiger partial charge in [0.25, 0.3) is 0 Å². The minimum Gasteiger partial charge on any atom is -0.0712 e. The van der Waals surface area contributed by atoms with Gasteiger partial charge in [0.05, 0.1) is 3.74 Å². The average Bonchev–Trinajstić information content (AvgIpc) is 2.01. The average molecular weight is 432 g/mol. The summed E-state index contributed by atoms with van der Waals surface area (Å²) in [4.78, 5) is 0. The van der Waals surface area contributed by atoms with Crippen molar-refractivity contribution < 1.29 is 0 Å². The second kappa shape index (κ2) is 4.83. The maximum Gasteiger partial charge on any atom is 0.0946 e. The molecule has 0 aliphatic heterocycles. The van der Waals surface area contributed by atoms with E-state index in [-0.39, 0.29) is 9.15 Å². The number of rotatable bonds is 1. The van der Waals surface area contributed by atoms with E-state index in [9.17, 15) is 0 Å². The lowest BCUT2D eigenvalue weighted by atomic mass is 9.86. The van der Waals surface area contributed by atoms with Crippen molar-refractivity contribution in [2.75, 3.05) is 0 Å². The highest BCUT2D eigenvalue weighted by molar-refractivity contribution is 14.1. The van der Waals surface area contributed by atoms with Gasteiger partial charge >= 0.3 is 0 Å². The van der Waals surface area contributed by atoms with Crippen LogP contribution in [0.5, 0.6) is 0 Å². The first-order valence-electron chi connectivity index (χ1n) is 4.40. The van der Waals surface area contributed by atoms with Gasteiger partial charge in [-0.25, -0.2) is 0 Å². The van der Waals surface area contributed by atoms with Crippen molar-refractivity contribution in [1.29, 1.82) is 0 Å². The molecular weight excluding hydrogens is 419 g/mol. The molecule has 14 heavy (non-hydrogen) atoms. The summed E-state index contributed by atoms with van der Waals surface area (Å²) in [6.45, 7) is 6.71. The zero-order valence-corrected chi connectivity index (χ0v) is 13.8. The van der Waals surface area contributed by atoms with E-state index in [4.69, 9.17) is 0 Å². The molecule has 0 atom stereocenters. The van der Waals surface area contributed by atoms with Crippen molar-refractivity contribution in [3.63, 3.8) is 0 Å². The molecule has 0 fully saturated rings. The number of hydrogen-bond donors (Lipinski definition) is 0. The highest BCUT2D eigenvalue weighted by Gasteiger charge is 2.16. The highest BCUT2D eigenvalue weighted by Crippen LogP contribution is 2.33. The quantitative estimate of drug-likeness (QED) is 0.414. The van der Waals surface area contributed by atoms with Crippen LogP contribution in [0.3, 0.4) is 0 Å². The normalized spacial score (nSPS) is 12.2. The molecule has 0 aliphatic carbocycles. The van der Waals surface area contributed by atoms with E-state index in [0.717, 1.165) is 0 Å². The van der Waals surface area contributed by atoms with Crippen LogP contribution in [0.25, 0.3) is 0 Å². The van der Waals surface area contributed by atoms with Crippen molar-refractivity contribution >= 4 is 54.5 Å². The predicted molar refractivity (Wildman–Crippen MR) is 78.5 cm³/mol. The van der Waals surface area contributed by atoms with Crippen LogP contribution in [0.2, 0.25) is 0 Å². The third-order valence-corrected chi connectivity index (χ3v) is 3.72. The topological polar surface area (TPSA) is 0 Å². The fraction of sp³-hybridized carbons (Fsp3) is 0.455. The van der Waals surface area contributed by atoms with E-state index in [1.807, 2.05) is 0 Å². The van der Waals surface area contributed by atoms with E-state index in [0.29, 0.717) is 0 Å². The highest BCUT2D eigenvalue weighted by atomic mass is 127. The molecule has 0 aliphatic rings. The number of halogens is 3. The molecule has 1 aromatic rings. The van der Waals surface area contributed by atoms with E-state index >= 15 is 0 Å². The molecule has 0 heterocycles. The molecule has 0 unspecified atom stereocenters. The van der Waals surface area contributed by atoms with Crippen LogP contribution < -0.4 is 0 Å². The van der Waals surface area contributed by atoms with E-state index in [2.05, 4.69) is 93.4 Å². The molecule has 0 saturated carbocycles. The third-order valence-electron chi connectivity index (χ3n) is 2.04. The fourth-order valence-corrected chi connectivity index (χ4v) is 2.40. The number of hydrogen-bond acceptors (Lipinski definition) is 0. The summed E-state index contributed by atoms with van der Waals surface area (Å²) in [5, 5.41) is 0. The van der Waals surface area contributed by atoms with Gasteiger partial charge in [0, 0.05) is 3.57 Å². The Morgan fingerprint density at radius 3 is 2.14 bits per heavy atom. The Bertz CT molecular complexity index is 327. The summed E-state index contributed by atoms with van der Waals surface area (Å²) in [5.41, 5.74) is 2.87. The van der Waals surface area contributed by atoms with Crippen molar-refractivity contribution in [1.82, 2.24) is 0 Å². The molecule has 78 valence electrons. The minimum atomic E-state index is 0.213. The van der Waals surface area contributed by atoms with Gasteiger partial charge in [-0.05, 0) is 51.3 Å². The summed E-state index contributed by atoms with van der Waals surface area (Å²) >= 11 is 9.42. The van der Waals surface area contributed by atoms with Crippen LogP contribution >= 0.6 is 54.5 Å². The standard InChI is InChI=1S/C11H13Br2I/c1-11(2,3)8-4-7(10(12)13)5-9(14)6-8/h4-6,10H,1-3H3. The van der Waals surface area contributed by atoms with Crippen LogP contribution in [0.15, 0.2) is 18.2 Å². The van der Waals surface area contributed by atoms with Gasteiger partial charge < -0.3 is 0 Å². The van der Waals surface area contributed by atoms with E-state index < -0.39 is 0 Å². The van der Waals surface area contributed by atoms with Crippen molar-refractivity contribution in [3.8, 4) is 0 Å². The van der Waals surface area contributed by atoms with Crippen LogP contribution in [0.1, 0.15) is 35.6 Å². The molecule has 0 saturated heterocycles. The van der Waals surface area contributed by atoms with Gasteiger partial charge in [0.2, 0.25) is 0 Å². The van der Waals surface area contributed by atoms with Crippen LogP contribution in [-0.4, -0.2) is 0 Å². The van der Waals surface area contributed by atoms with Gasteiger partial charge in [-0.3, -0.25) is 0 Å². The van der Waals surface area contributed by atoms with Crippen LogP contribution in [0, 0.1) is 3.57 Å². The van der Waals surface area contributed by atoms with Gasteiger partial charge in [-0.1, -0.05) is 58.7 Å². The lowest BCUT2D eigenvalue weighted by Crippen LogP contribution is -2.11. The monoisotopic (exact) mass is 430 g/mol. The second-order valence-electron chi connectivity index (χ2n) is 4.32. The smallest absolute Gasteiger partial charge is 0.0712 e. The lowest BCUT2D eigenvalue weighted by Gasteiger charge is -2.20. The Balaban J connectivity index is 3.21.